The van der Waals surface area contributed by atoms with Gasteiger partial charge < -0.3 is 0 Å². The van der Waals surface area contributed by atoms with Crippen LogP contribution in [0.3, 0.4) is 0 Å². The number of nitrogens with zero attached hydrogens (tertiary/aromatic N) is 2. The van der Waals surface area contributed by atoms with Crippen LogP contribution in [0.25, 0.3) is 6.08 Å². The second-order valence-corrected chi connectivity index (χ2v) is 4.18. The second-order valence-electron chi connectivity index (χ2n) is 3.43. The summed E-state index contributed by atoms with van der Waals surface area (Å²) < 4.78 is 0. The Bertz CT molecular complexity index is 567. The first-order valence-electron chi connectivity index (χ1n) is 5.13. The molecule has 3 heteroatoms. The Hall–Kier alpha value is -2.00. The fourth-order valence-electron chi connectivity index (χ4n) is 1.41. The molecule has 0 fully saturated rings. The van der Waals surface area contributed by atoms with Gasteiger partial charge in [-0.15, -0.1) is 11.3 Å². The molecule has 0 atom stereocenters. The lowest BCUT2D eigenvalue weighted by Gasteiger charge is -1.96. The summed E-state index contributed by atoms with van der Waals surface area (Å²) in [4.78, 5) is 8.31. The largest absolute Gasteiger partial charge is 0.262 e. The highest BCUT2D eigenvalue weighted by atomic mass is 32.1. The molecule has 0 unspecified atom stereocenters. The van der Waals surface area contributed by atoms with Gasteiger partial charge in [-0.05, 0) is 23.9 Å². The molecular formula is C14H12N2S. The molecule has 0 saturated heterocycles. The predicted molar refractivity (Wildman–Crippen MR) is 77.3 cm³/mol. The van der Waals surface area contributed by atoms with Gasteiger partial charge in [0.05, 0.1) is 11.4 Å². The van der Waals surface area contributed by atoms with Crippen molar-refractivity contribution in [3.05, 3.63) is 52.7 Å². The van der Waals surface area contributed by atoms with E-state index in [4.69, 9.17) is 0 Å². The Kier molecular flexibility index (Phi) is 3.62. The van der Waals surface area contributed by atoms with Gasteiger partial charge in [-0.1, -0.05) is 30.9 Å². The smallest absolute Gasteiger partial charge is 0.0993 e. The van der Waals surface area contributed by atoms with Gasteiger partial charge in [-0.3, -0.25) is 9.98 Å². The third kappa shape index (κ3) is 2.77. The van der Waals surface area contributed by atoms with E-state index >= 15 is 0 Å². The molecule has 0 aliphatic rings. The summed E-state index contributed by atoms with van der Waals surface area (Å²) in [6, 6.07) is 8.03. The summed E-state index contributed by atoms with van der Waals surface area (Å²) >= 11 is 1.57. The van der Waals surface area contributed by atoms with E-state index in [1.807, 2.05) is 47.3 Å². The first kappa shape index (κ1) is 11.5. The van der Waals surface area contributed by atoms with E-state index in [-0.39, 0.29) is 0 Å². The Morgan fingerprint density at radius 2 is 1.88 bits per heavy atom. The van der Waals surface area contributed by atoms with E-state index in [1.54, 1.807) is 11.3 Å². The van der Waals surface area contributed by atoms with Crippen molar-refractivity contribution in [2.75, 3.05) is 0 Å². The van der Waals surface area contributed by atoms with Crippen molar-refractivity contribution in [1.29, 1.82) is 0 Å². The standard InChI is InChI=1S/C14H12N2S/c1-3-11-5-4-6-12(7-11)8-16-14-10-17-9-13(14)15-2/h3-10H,1-2H2/b16-8-. The molecule has 0 N–H and O–H groups in total. The summed E-state index contributed by atoms with van der Waals surface area (Å²) in [6.07, 6.45) is 3.64. The Balaban J connectivity index is 2.25. The minimum absolute atomic E-state index is 0.825. The fraction of sp³-hybridized carbons (Fsp3) is 0. The van der Waals surface area contributed by atoms with E-state index in [1.165, 1.54) is 0 Å². The molecule has 2 nitrogen and oxygen atoms in total. The van der Waals surface area contributed by atoms with Gasteiger partial charge in [-0.25, -0.2) is 0 Å². The normalized spacial score (nSPS) is 10.6. The molecule has 0 spiro atoms. The van der Waals surface area contributed by atoms with E-state index in [9.17, 15) is 0 Å². The molecule has 2 aromatic rings. The van der Waals surface area contributed by atoms with Crippen molar-refractivity contribution in [2.24, 2.45) is 9.98 Å². The highest BCUT2D eigenvalue weighted by molar-refractivity contribution is 7.08. The van der Waals surface area contributed by atoms with Crippen LogP contribution in [0, 0.1) is 0 Å². The molecule has 84 valence electrons. The van der Waals surface area contributed by atoms with Gasteiger partial charge in [0, 0.05) is 17.0 Å². The minimum atomic E-state index is 0.825. The summed E-state index contributed by atoms with van der Waals surface area (Å²) in [5, 5.41) is 3.89. The number of aliphatic imine (C=N–C) groups is 2. The number of benzene rings is 1. The molecule has 1 aromatic heterocycles. The minimum Gasteiger partial charge on any atom is -0.262 e. The Morgan fingerprint density at radius 1 is 1.12 bits per heavy atom. The molecule has 2 rings (SSSR count). The summed E-state index contributed by atoms with van der Waals surface area (Å²) in [5.74, 6) is 0. The fourth-order valence-corrected chi connectivity index (χ4v) is 2.11. The van der Waals surface area contributed by atoms with Crippen molar-refractivity contribution in [3.63, 3.8) is 0 Å². The maximum absolute atomic E-state index is 4.40. The molecule has 0 radical (unpaired) electrons. The maximum Gasteiger partial charge on any atom is 0.0993 e. The molecule has 1 aromatic carbocycles. The van der Waals surface area contributed by atoms with Crippen LogP contribution in [0.4, 0.5) is 11.4 Å². The Morgan fingerprint density at radius 3 is 2.65 bits per heavy atom. The number of rotatable bonds is 4. The lowest BCUT2D eigenvalue weighted by molar-refractivity contribution is 1.52. The van der Waals surface area contributed by atoms with Crippen molar-refractivity contribution in [3.8, 4) is 0 Å². The van der Waals surface area contributed by atoms with Gasteiger partial charge in [0.15, 0.2) is 0 Å². The second kappa shape index (κ2) is 5.37. The number of thiophene rings is 1. The summed E-state index contributed by atoms with van der Waals surface area (Å²) in [6.45, 7) is 7.26. The van der Waals surface area contributed by atoms with Gasteiger partial charge in [0.1, 0.15) is 0 Å². The molecular weight excluding hydrogens is 228 g/mol. The van der Waals surface area contributed by atoms with Crippen LogP contribution in [0.5, 0.6) is 0 Å². The van der Waals surface area contributed by atoms with Crippen LogP contribution in [-0.2, 0) is 0 Å². The zero-order valence-electron chi connectivity index (χ0n) is 9.34. The van der Waals surface area contributed by atoms with E-state index < -0.39 is 0 Å². The lowest BCUT2D eigenvalue weighted by Crippen LogP contribution is -1.80. The van der Waals surface area contributed by atoms with Crippen molar-refractivity contribution in [2.45, 2.75) is 0 Å². The van der Waals surface area contributed by atoms with Gasteiger partial charge in [0.2, 0.25) is 0 Å². The molecule has 17 heavy (non-hydrogen) atoms. The third-order valence-electron chi connectivity index (χ3n) is 2.29. The first-order valence-corrected chi connectivity index (χ1v) is 6.07. The summed E-state index contributed by atoms with van der Waals surface area (Å²) in [7, 11) is 0. The van der Waals surface area contributed by atoms with E-state index in [0.717, 1.165) is 22.5 Å². The van der Waals surface area contributed by atoms with Gasteiger partial charge >= 0.3 is 0 Å². The quantitative estimate of drug-likeness (QED) is 0.704. The monoisotopic (exact) mass is 240 g/mol. The molecule has 0 bridgehead atoms. The molecule has 1 heterocycles. The third-order valence-corrected chi connectivity index (χ3v) is 3.01. The zero-order chi connectivity index (χ0) is 12.1. The maximum atomic E-state index is 4.40. The molecule has 0 aliphatic heterocycles. The number of hydrogen-bond acceptors (Lipinski definition) is 3. The molecule has 0 amide bonds. The Labute approximate surface area is 105 Å². The highest BCUT2D eigenvalue weighted by Crippen LogP contribution is 2.31. The zero-order valence-corrected chi connectivity index (χ0v) is 10.2. The van der Waals surface area contributed by atoms with Crippen LogP contribution >= 0.6 is 11.3 Å². The predicted octanol–water partition coefficient (Wildman–Crippen LogP) is 4.47. The van der Waals surface area contributed by atoms with Gasteiger partial charge in [-0.2, -0.15) is 0 Å². The molecule has 0 saturated carbocycles. The lowest BCUT2D eigenvalue weighted by atomic mass is 10.1. The average Bonchev–Trinajstić information content (AvgIpc) is 2.84. The van der Waals surface area contributed by atoms with Crippen LogP contribution in [0.2, 0.25) is 0 Å². The highest BCUT2D eigenvalue weighted by Gasteiger charge is 1.98. The molecule has 0 aliphatic carbocycles. The van der Waals surface area contributed by atoms with Crippen LogP contribution in [0.1, 0.15) is 11.1 Å². The van der Waals surface area contributed by atoms with E-state index in [2.05, 4.69) is 23.3 Å². The first-order chi connectivity index (χ1) is 8.33. The topological polar surface area (TPSA) is 24.7 Å². The van der Waals surface area contributed by atoms with Crippen molar-refractivity contribution in [1.82, 2.24) is 0 Å². The number of hydrogen-bond donors (Lipinski definition) is 0. The SMILES string of the molecule is C=Cc1cccc(/C=N\c2cscc2N=C)c1. The van der Waals surface area contributed by atoms with Crippen molar-refractivity contribution < 1.29 is 0 Å². The van der Waals surface area contributed by atoms with Crippen LogP contribution in [-0.4, -0.2) is 12.9 Å². The van der Waals surface area contributed by atoms with Crippen molar-refractivity contribution >= 4 is 41.7 Å². The summed E-state index contributed by atoms with van der Waals surface area (Å²) in [5.41, 5.74) is 3.81. The van der Waals surface area contributed by atoms with Gasteiger partial charge in [0.25, 0.3) is 0 Å². The average molecular weight is 240 g/mol. The van der Waals surface area contributed by atoms with E-state index in [0.29, 0.717) is 0 Å². The van der Waals surface area contributed by atoms with Crippen LogP contribution in [0.15, 0.2) is 51.6 Å². The van der Waals surface area contributed by atoms with Crippen LogP contribution < -0.4 is 0 Å².